The molecule has 6 nitrogen and oxygen atoms in total. The Morgan fingerprint density at radius 3 is 2.86 bits per heavy atom. The summed E-state index contributed by atoms with van der Waals surface area (Å²) in [5.74, 6) is 0.213. The van der Waals surface area contributed by atoms with Crippen LogP contribution in [-0.2, 0) is 27.3 Å². The van der Waals surface area contributed by atoms with Crippen LogP contribution in [0.15, 0.2) is 52.7 Å². The van der Waals surface area contributed by atoms with Crippen molar-refractivity contribution in [2.75, 3.05) is 13.7 Å². The molecule has 2 atom stereocenters. The fraction of sp³-hybridized carbons (Fsp3) is 0.391. The number of aliphatic imine (C=N–C) groups is 1. The Morgan fingerprint density at radius 2 is 2.14 bits per heavy atom. The van der Waals surface area contributed by atoms with Crippen molar-refractivity contribution >= 4 is 17.2 Å². The van der Waals surface area contributed by atoms with Gasteiger partial charge in [-0.1, -0.05) is 35.5 Å². The molecule has 3 heterocycles. The van der Waals surface area contributed by atoms with E-state index in [1.165, 1.54) is 0 Å². The molecule has 0 saturated heterocycles. The van der Waals surface area contributed by atoms with Crippen molar-refractivity contribution < 1.29 is 14.4 Å². The standard InChI is InChI=1S/C23H25N3O3/c1-15-8-22(26-29-15)23-21-13-24-19(9-17(21)12-25-23)11-20(27)10-18(14-28-2)16-6-4-3-5-7-16/h3-7,9,13,15,18H,8,10-12,14H2,1-2H3/t15?,18-/m1/s1. The summed E-state index contributed by atoms with van der Waals surface area (Å²) in [4.78, 5) is 27.2. The molecule has 0 radical (unpaired) electrons. The van der Waals surface area contributed by atoms with Crippen molar-refractivity contribution in [3.63, 3.8) is 0 Å². The smallest absolute Gasteiger partial charge is 0.139 e. The molecule has 2 aliphatic rings. The summed E-state index contributed by atoms with van der Waals surface area (Å²) in [5, 5.41) is 4.14. The van der Waals surface area contributed by atoms with Crippen molar-refractivity contribution in [1.29, 1.82) is 0 Å². The number of rotatable bonds is 8. The number of pyridine rings is 1. The normalized spacial score (nSPS) is 18.6. The Balaban J connectivity index is 1.42. The maximum Gasteiger partial charge on any atom is 0.139 e. The zero-order valence-corrected chi connectivity index (χ0v) is 16.8. The van der Waals surface area contributed by atoms with Gasteiger partial charge in [0.15, 0.2) is 0 Å². The predicted molar refractivity (Wildman–Crippen MR) is 111 cm³/mol. The number of carbonyl (C=O) groups excluding carboxylic acids is 1. The molecular formula is C23H25N3O3. The fourth-order valence-corrected chi connectivity index (χ4v) is 3.87. The highest BCUT2D eigenvalue weighted by molar-refractivity contribution is 6.49. The van der Waals surface area contributed by atoms with E-state index in [9.17, 15) is 4.79 Å². The van der Waals surface area contributed by atoms with Gasteiger partial charge in [0.25, 0.3) is 0 Å². The van der Waals surface area contributed by atoms with Crippen LogP contribution in [0.3, 0.4) is 0 Å². The first-order chi connectivity index (χ1) is 14.1. The number of Topliss-reactive ketones (excluding diaryl/α,β-unsaturated/α-hetero) is 1. The largest absolute Gasteiger partial charge is 0.392 e. The lowest BCUT2D eigenvalue weighted by Gasteiger charge is -2.15. The second kappa shape index (κ2) is 8.66. The van der Waals surface area contributed by atoms with Crippen LogP contribution in [0.1, 0.15) is 48.1 Å². The van der Waals surface area contributed by atoms with Crippen LogP contribution in [0, 0.1) is 0 Å². The zero-order valence-electron chi connectivity index (χ0n) is 16.8. The minimum atomic E-state index is 0.0560. The van der Waals surface area contributed by atoms with Crippen molar-refractivity contribution in [3.8, 4) is 0 Å². The number of aromatic nitrogens is 1. The third-order valence-corrected chi connectivity index (χ3v) is 5.30. The highest BCUT2D eigenvalue weighted by Gasteiger charge is 2.27. The Labute approximate surface area is 170 Å². The van der Waals surface area contributed by atoms with Gasteiger partial charge >= 0.3 is 0 Å². The molecule has 1 unspecified atom stereocenters. The number of fused-ring (bicyclic) bond motifs is 1. The third kappa shape index (κ3) is 4.43. The van der Waals surface area contributed by atoms with E-state index in [4.69, 9.17) is 9.57 Å². The Bertz CT molecular complexity index is 953. The molecular weight excluding hydrogens is 366 g/mol. The molecule has 0 amide bonds. The zero-order chi connectivity index (χ0) is 20.2. The van der Waals surface area contributed by atoms with Crippen LogP contribution in [0.5, 0.6) is 0 Å². The van der Waals surface area contributed by atoms with Crippen molar-refractivity contribution in [3.05, 3.63) is 65.0 Å². The molecule has 150 valence electrons. The van der Waals surface area contributed by atoms with Crippen LogP contribution in [0.2, 0.25) is 0 Å². The molecule has 2 aromatic rings. The number of ketones is 1. The third-order valence-electron chi connectivity index (χ3n) is 5.30. The average molecular weight is 391 g/mol. The Hall–Kier alpha value is -2.86. The summed E-state index contributed by atoms with van der Waals surface area (Å²) in [6.07, 6.45) is 3.42. The SMILES string of the molecule is COC[C@@H](CC(=O)Cc1cc2c(cn1)C(C1=NOC(C)C1)=NC2)c1ccccc1. The topological polar surface area (TPSA) is 73.1 Å². The van der Waals surface area contributed by atoms with Crippen LogP contribution in [0.4, 0.5) is 0 Å². The van der Waals surface area contributed by atoms with Crippen LogP contribution >= 0.6 is 0 Å². The van der Waals surface area contributed by atoms with Crippen molar-refractivity contribution in [1.82, 2.24) is 4.98 Å². The highest BCUT2D eigenvalue weighted by atomic mass is 16.6. The number of carbonyl (C=O) groups is 1. The molecule has 0 saturated carbocycles. The number of oxime groups is 1. The second-order valence-corrected chi connectivity index (χ2v) is 7.64. The van der Waals surface area contributed by atoms with Crippen LogP contribution in [0.25, 0.3) is 0 Å². The summed E-state index contributed by atoms with van der Waals surface area (Å²) in [5.41, 5.74) is 5.76. The summed E-state index contributed by atoms with van der Waals surface area (Å²) >= 11 is 0. The van der Waals surface area contributed by atoms with Gasteiger partial charge in [-0.2, -0.15) is 0 Å². The summed E-state index contributed by atoms with van der Waals surface area (Å²) < 4.78 is 5.33. The van der Waals surface area contributed by atoms with Crippen molar-refractivity contribution in [2.45, 2.75) is 44.8 Å². The molecule has 6 heteroatoms. The van der Waals surface area contributed by atoms with Crippen LogP contribution in [-0.4, -0.2) is 42.0 Å². The van der Waals surface area contributed by atoms with E-state index in [0.29, 0.717) is 26.0 Å². The van der Waals surface area contributed by atoms with Gasteiger partial charge in [-0.05, 0) is 24.1 Å². The molecule has 29 heavy (non-hydrogen) atoms. The van der Waals surface area contributed by atoms with Crippen LogP contribution < -0.4 is 0 Å². The minimum absolute atomic E-state index is 0.0560. The van der Waals surface area contributed by atoms with Gasteiger partial charge in [0.2, 0.25) is 0 Å². The number of hydrogen-bond donors (Lipinski definition) is 0. The van der Waals surface area contributed by atoms with Gasteiger partial charge in [-0.25, -0.2) is 0 Å². The lowest BCUT2D eigenvalue weighted by Crippen LogP contribution is -2.16. The van der Waals surface area contributed by atoms with E-state index >= 15 is 0 Å². The summed E-state index contributed by atoms with van der Waals surface area (Å²) in [6, 6.07) is 12.0. The first-order valence-electron chi connectivity index (χ1n) is 9.95. The number of benzene rings is 1. The molecule has 4 rings (SSSR count). The predicted octanol–water partition coefficient (Wildman–Crippen LogP) is 3.48. The summed E-state index contributed by atoms with van der Waals surface area (Å²) in [6.45, 7) is 3.11. The number of methoxy groups -OCH3 is 1. The summed E-state index contributed by atoms with van der Waals surface area (Å²) in [7, 11) is 1.67. The molecule has 1 aromatic carbocycles. The number of ether oxygens (including phenoxy) is 1. The molecule has 1 aromatic heterocycles. The fourth-order valence-electron chi connectivity index (χ4n) is 3.87. The molecule has 0 fully saturated rings. The second-order valence-electron chi connectivity index (χ2n) is 7.64. The van der Waals surface area contributed by atoms with E-state index in [-0.39, 0.29) is 17.8 Å². The maximum absolute atomic E-state index is 12.7. The van der Waals surface area contributed by atoms with Gasteiger partial charge in [0.05, 0.1) is 18.9 Å². The minimum Gasteiger partial charge on any atom is -0.392 e. The quantitative estimate of drug-likeness (QED) is 0.691. The molecule has 0 bridgehead atoms. The molecule has 0 aliphatic carbocycles. The van der Waals surface area contributed by atoms with Gasteiger partial charge in [-0.15, -0.1) is 0 Å². The number of hydrogen-bond acceptors (Lipinski definition) is 6. The van der Waals surface area contributed by atoms with E-state index in [0.717, 1.165) is 40.2 Å². The van der Waals surface area contributed by atoms with E-state index < -0.39 is 0 Å². The lowest BCUT2D eigenvalue weighted by molar-refractivity contribution is -0.119. The molecule has 0 N–H and O–H groups in total. The Kier molecular flexibility index (Phi) is 5.81. The molecule has 2 aliphatic heterocycles. The van der Waals surface area contributed by atoms with Gasteiger partial charge in [0.1, 0.15) is 17.6 Å². The average Bonchev–Trinajstić information content (AvgIpc) is 3.34. The number of nitrogens with zero attached hydrogens (tertiary/aromatic N) is 3. The highest BCUT2D eigenvalue weighted by Crippen LogP contribution is 2.25. The van der Waals surface area contributed by atoms with Gasteiger partial charge in [0, 0.05) is 49.7 Å². The van der Waals surface area contributed by atoms with Crippen molar-refractivity contribution in [2.24, 2.45) is 10.1 Å². The van der Waals surface area contributed by atoms with E-state index in [1.54, 1.807) is 7.11 Å². The Morgan fingerprint density at radius 1 is 1.31 bits per heavy atom. The molecule has 0 spiro atoms. The van der Waals surface area contributed by atoms with E-state index in [1.807, 2.05) is 49.5 Å². The first kappa shape index (κ1) is 19.5. The van der Waals surface area contributed by atoms with Gasteiger partial charge in [-0.3, -0.25) is 14.8 Å². The van der Waals surface area contributed by atoms with Gasteiger partial charge < -0.3 is 9.57 Å². The van der Waals surface area contributed by atoms with E-state index in [2.05, 4.69) is 15.1 Å². The maximum atomic E-state index is 12.7. The monoisotopic (exact) mass is 391 g/mol. The first-order valence-corrected chi connectivity index (χ1v) is 9.95. The lowest BCUT2D eigenvalue weighted by atomic mass is 9.93.